The molecule has 0 bridgehead atoms. The smallest absolute Gasteiger partial charge is 0.404 e. The van der Waals surface area contributed by atoms with Crippen molar-refractivity contribution in [3.63, 3.8) is 0 Å². The van der Waals surface area contributed by atoms with E-state index in [1.54, 1.807) is 16.9 Å². The summed E-state index contributed by atoms with van der Waals surface area (Å²) in [6.07, 6.45) is 4.59. The van der Waals surface area contributed by atoms with Crippen LogP contribution in [0.15, 0.2) is 36.8 Å². The van der Waals surface area contributed by atoms with E-state index in [1.807, 2.05) is 30.0 Å². The van der Waals surface area contributed by atoms with Gasteiger partial charge >= 0.3 is 6.09 Å². The van der Waals surface area contributed by atoms with Crippen LogP contribution in [0.4, 0.5) is 10.6 Å². The summed E-state index contributed by atoms with van der Waals surface area (Å²) < 4.78 is 7.29. The number of amides is 1. The highest BCUT2D eigenvalue weighted by Crippen LogP contribution is 2.31. The molecule has 0 aliphatic carbocycles. The van der Waals surface area contributed by atoms with Gasteiger partial charge in [0.25, 0.3) is 0 Å². The number of ether oxygens (including phenoxy) is 1. The molecule has 1 aliphatic heterocycles. The largest absolute Gasteiger partial charge is 0.492 e. The lowest BCUT2D eigenvalue weighted by Crippen LogP contribution is -2.58. The number of nitrogens with zero attached hydrogens (tertiary/aromatic N) is 5. The Hall–Kier alpha value is -3.84. The topological polar surface area (TPSA) is 142 Å². The predicted molar refractivity (Wildman–Crippen MR) is 114 cm³/mol. The number of anilines is 1. The van der Waals surface area contributed by atoms with Crippen LogP contribution in [0, 0.1) is 11.3 Å². The molecular weight excluding hydrogens is 398 g/mol. The lowest BCUT2D eigenvalue weighted by molar-refractivity contribution is 0.186. The van der Waals surface area contributed by atoms with Gasteiger partial charge in [0.1, 0.15) is 17.6 Å². The average molecular weight is 421 g/mol. The summed E-state index contributed by atoms with van der Waals surface area (Å²) in [5.41, 5.74) is 8.83. The summed E-state index contributed by atoms with van der Waals surface area (Å²) >= 11 is 0. The van der Waals surface area contributed by atoms with E-state index in [1.165, 1.54) is 6.20 Å². The number of rotatable bonds is 5. The van der Waals surface area contributed by atoms with Crippen molar-refractivity contribution in [1.29, 1.82) is 5.26 Å². The number of nitrogens with two attached hydrogens (primary N) is 1. The summed E-state index contributed by atoms with van der Waals surface area (Å²) in [5.74, 6) is 1.38. The molecule has 0 unspecified atom stereocenters. The fraction of sp³-hybridized carbons (Fsp3) is 0.333. The molecule has 4 rings (SSSR count). The highest BCUT2D eigenvalue weighted by Gasteiger charge is 2.28. The van der Waals surface area contributed by atoms with Crippen LogP contribution < -0.4 is 20.7 Å². The van der Waals surface area contributed by atoms with Gasteiger partial charge in [-0.3, -0.25) is 0 Å². The molecule has 3 aromatic rings. The number of nitrogens with one attached hydrogen (secondary N) is 1. The monoisotopic (exact) mass is 421 g/mol. The third kappa shape index (κ3) is 4.08. The van der Waals surface area contributed by atoms with Crippen LogP contribution in [0.5, 0.6) is 5.75 Å². The van der Waals surface area contributed by atoms with Gasteiger partial charge in [0.05, 0.1) is 36.1 Å². The molecule has 2 atom stereocenters. The number of carboxylic acid groups (broad SMARTS) is 1. The molecule has 10 heteroatoms. The van der Waals surface area contributed by atoms with Crippen LogP contribution in [0.2, 0.25) is 0 Å². The highest BCUT2D eigenvalue weighted by molar-refractivity contribution is 5.85. The first-order valence-corrected chi connectivity index (χ1v) is 10.0. The Morgan fingerprint density at radius 3 is 2.97 bits per heavy atom. The van der Waals surface area contributed by atoms with E-state index < -0.39 is 6.09 Å². The minimum atomic E-state index is -1.09. The first kappa shape index (κ1) is 20.4. The maximum atomic E-state index is 11.0. The van der Waals surface area contributed by atoms with Crippen molar-refractivity contribution >= 4 is 17.4 Å². The summed E-state index contributed by atoms with van der Waals surface area (Å²) in [6.45, 7) is 3.56. The number of piperidine rings is 1. The van der Waals surface area contributed by atoms with E-state index in [-0.39, 0.29) is 12.1 Å². The number of hydrogen-bond donors (Lipinski definition) is 3. The lowest BCUT2D eigenvalue weighted by atomic mass is 10.00. The molecular formula is C21H23N7O3. The van der Waals surface area contributed by atoms with Gasteiger partial charge in [-0.05, 0) is 31.5 Å². The van der Waals surface area contributed by atoms with Gasteiger partial charge in [0.15, 0.2) is 0 Å². The van der Waals surface area contributed by atoms with Crippen molar-refractivity contribution in [3.8, 4) is 22.9 Å². The van der Waals surface area contributed by atoms with Gasteiger partial charge in [-0.2, -0.15) is 10.4 Å². The van der Waals surface area contributed by atoms with Gasteiger partial charge < -0.3 is 25.8 Å². The summed E-state index contributed by atoms with van der Waals surface area (Å²) in [5, 5.41) is 25.3. The fourth-order valence-corrected chi connectivity index (χ4v) is 3.87. The summed E-state index contributed by atoms with van der Waals surface area (Å²) in [4.78, 5) is 17.6. The minimum absolute atomic E-state index is 0.229. The third-order valence-corrected chi connectivity index (χ3v) is 5.38. The summed E-state index contributed by atoms with van der Waals surface area (Å²) in [6, 6.07) is 7.28. The van der Waals surface area contributed by atoms with Crippen molar-refractivity contribution in [1.82, 2.24) is 19.9 Å². The molecule has 31 heavy (non-hydrogen) atoms. The van der Waals surface area contributed by atoms with E-state index >= 15 is 0 Å². The standard InChI is InChI=1S/C21H23N7O3/c1-2-31-15-7-16(20-14(8-22)10-25-28(20)11-15)13-3-4-19(24-9-13)27-6-5-17(23)18(12-27)26-21(29)30/h3-4,7,9-11,17-18,26H,2,5-6,12,23H2,1H3,(H,29,30)/t17-,18+/m0/s1. The molecule has 0 saturated carbocycles. The van der Waals surface area contributed by atoms with E-state index in [9.17, 15) is 10.1 Å². The first-order valence-electron chi connectivity index (χ1n) is 10.0. The Balaban J connectivity index is 1.65. The highest BCUT2D eigenvalue weighted by atomic mass is 16.5. The Morgan fingerprint density at radius 1 is 1.45 bits per heavy atom. The lowest BCUT2D eigenvalue weighted by Gasteiger charge is -2.37. The van der Waals surface area contributed by atoms with Crippen LogP contribution in [-0.2, 0) is 0 Å². The molecule has 1 amide bonds. The number of fused-ring (bicyclic) bond motifs is 1. The van der Waals surface area contributed by atoms with Crippen LogP contribution in [0.1, 0.15) is 18.9 Å². The van der Waals surface area contributed by atoms with Gasteiger partial charge in [-0.15, -0.1) is 0 Å². The van der Waals surface area contributed by atoms with Crippen molar-refractivity contribution in [2.24, 2.45) is 5.73 Å². The Morgan fingerprint density at radius 2 is 2.29 bits per heavy atom. The average Bonchev–Trinajstić information content (AvgIpc) is 3.18. The molecule has 0 spiro atoms. The Bertz CT molecular complexity index is 1140. The molecule has 1 saturated heterocycles. The molecule has 10 nitrogen and oxygen atoms in total. The van der Waals surface area contributed by atoms with Crippen LogP contribution in [-0.4, -0.2) is 57.6 Å². The van der Waals surface area contributed by atoms with Crippen LogP contribution in [0.25, 0.3) is 16.6 Å². The van der Waals surface area contributed by atoms with Crippen molar-refractivity contribution in [2.75, 3.05) is 24.6 Å². The van der Waals surface area contributed by atoms with Crippen molar-refractivity contribution in [3.05, 3.63) is 42.4 Å². The van der Waals surface area contributed by atoms with Crippen molar-refractivity contribution < 1.29 is 14.6 Å². The molecule has 0 radical (unpaired) electrons. The second kappa shape index (κ2) is 8.49. The predicted octanol–water partition coefficient (Wildman–Crippen LogP) is 1.84. The number of carbonyl (C=O) groups is 1. The van der Waals surface area contributed by atoms with Crippen molar-refractivity contribution in [2.45, 2.75) is 25.4 Å². The van der Waals surface area contributed by atoms with E-state index in [4.69, 9.17) is 15.6 Å². The normalized spacial score (nSPS) is 18.5. The van der Waals surface area contributed by atoms with E-state index in [2.05, 4.69) is 21.5 Å². The zero-order valence-electron chi connectivity index (χ0n) is 17.0. The zero-order chi connectivity index (χ0) is 22.0. The molecule has 1 aliphatic rings. The maximum Gasteiger partial charge on any atom is 0.404 e. The van der Waals surface area contributed by atoms with Gasteiger partial charge in [-0.1, -0.05) is 0 Å². The second-order valence-corrected chi connectivity index (χ2v) is 7.35. The Labute approximate surface area is 178 Å². The van der Waals surface area contributed by atoms with Gasteiger partial charge in [-0.25, -0.2) is 14.3 Å². The maximum absolute atomic E-state index is 11.0. The molecule has 0 aromatic carbocycles. The molecule has 160 valence electrons. The van der Waals surface area contributed by atoms with Crippen LogP contribution in [0.3, 0.4) is 0 Å². The SMILES string of the molecule is CCOc1cc(-c2ccc(N3CC[C@H](N)[C@H](NC(=O)O)C3)nc2)c2c(C#N)cnn2c1. The molecule has 4 heterocycles. The van der Waals surface area contributed by atoms with Gasteiger partial charge in [0.2, 0.25) is 0 Å². The minimum Gasteiger partial charge on any atom is -0.492 e. The zero-order valence-corrected chi connectivity index (χ0v) is 17.0. The van der Waals surface area contributed by atoms with Gasteiger partial charge in [0, 0.05) is 36.5 Å². The third-order valence-electron chi connectivity index (χ3n) is 5.38. The molecule has 4 N–H and O–H groups in total. The number of aromatic nitrogens is 3. The Kier molecular flexibility index (Phi) is 5.60. The molecule has 3 aromatic heterocycles. The van der Waals surface area contributed by atoms with Crippen LogP contribution >= 0.6 is 0 Å². The first-order chi connectivity index (χ1) is 15.0. The second-order valence-electron chi connectivity index (χ2n) is 7.35. The molecule has 1 fully saturated rings. The summed E-state index contributed by atoms with van der Waals surface area (Å²) in [7, 11) is 0. The quantitative estimate of drug-likeness (QED) is 0.566. The van der Waals surface area contributed by atoms with E-state index in [0.717, 1.165) is 16.9 Å². The number of nitriles is 1. The number of hydrogen-bond acceptors (Lipinski definition) is 7. The number of pyridine rings is 2. The van der Waals surface area contributed by atoms with E-state index in [0.29, 0.717) is 42.9 Å². The fourth-order valence-electron chi connectivity index (χ4n) is 3.87.